The summed E-state index contributed by atoms with van der Waals surface area (Å²) in [6, 6.07) is 1.75. The zero-order valence-corrected chi connectivity index (χ0v) is 8.92. The molecule has 2 aliphatic heterocycles. The molecule has 1 saturated heterocycles. The van der Waals surface area contributed by atoms with Gasteiger partial charge in [-0.05, 0) is 32.1 Å². The standard InChI is InChI=1S/C9H16N2.C2H3N/c1-3-7-10-11-8-4-2-6-9(11)5-1;1-2-3/h6,10H,1-5,7-8H2;1H3. The molecule has 2 rings (SSSR count). The van der Waals surface area contributed by atoms with E-state index in [1.807, 2.05) is 0 Å². The predicted molar refractivity (Wildman–Crippen MR) is 57.2 cm³/mol. The third-order valence-electron chi connectivity index (χ3n) is 2.47. The molecule has 14 heavy (non-hydrogen) atoms. The van der Waals surface area contributed by atoms with Gasteiger partial charge in [0.1, 0.15) is 0 Å². The smallest absolute Gasteiger partial charge is 0.0587 e. The van der Waals surface area contributed by atoms with Crippen molar-refractivity contribution in [3.8, 4) is 6.07 Å². The third-order valence-corrected chi connectivity index (χ3v) is 2.47. The van der Waals surface area contributed by atoms with E-state index in [1.54, 1.807) is 6.07 Å². The van der Waals surface area contributed by atoms with Crippen LogP contribution in [0.1, 0.15) is 39.0 Å². The fourth-order valence-electron chi connectivity index (χ4n) is 1.83. The highest BCUT2D eigenvalue weighted by atomic mass is 15.5. The van der Waals surface area contributed by atoms with Gasteiger partial charge in [-0.1, -0.05) is 6.08 Å². The number of allylic oxidation sites excluding steroid dienone is 2. The molecule has 1 N–H and O–H groups in total. The van der Waals surface area contributed by atoms with Crippen molar-refractivity contribution in [1.82, 2.24) is 10.4 Å². The molecule has 2 aliphatic rings. The quantitative estimate of drug-likeness (QED) is 0.641. The largest absolute Gasteiger partial charge is 0.313 e. The van der Waals surface area contributed by atoms with Gasteiger partial charge in [0.25, 0.3) is 0 Å². The van der Waals surface area contributed by atoms with E-state index < -0.39 is 0 Å². The summed E-state index contributed by atoms with van der Waals surface area (Å²) in [6.45, 7) is 3.81. The first-order chi connectivity index (χ1) is 6.88. The van der Waals surface area contributed by atoms with Crippen LogP contribution in [0.3, 0.4) is 0 Å². The Morgan fingerprint density at radius 3 is 3.00 bits per heavy atom. The molecule has 0 unspecified atom stereocenters. The second-order valence-electron chi connectivity index (χ2n) is 3.58. The third kappa shape index (κ3) is 3.39. The van der Waals surface area contributed by atoms with Crippen LogP contribution in [0.5, 0.6) is 0 Å². The van der Waals surface area contributed by atoms with Gasteiger partial charge in [0.2, 0.25) is 0 Å². The molecule has 78 valence electrons. The summed E-state index contributed by atoms with van der Waals surface area (Å²) >= 11 is 0. The second-order valence-corrected chi connectivity index (χ2v) is 3.58. The molecule has 3 nitrogen and oxygen atoms in total. The Balaban J connectivity index is 0.000000293. The zero-order valence-electron chi connectivity index (χ0n) is 8.92. The number of hydrogen-bond acceptors (Lipinski definition) is 3. The van der Waals surface area contributed by atoms with E-state index >= 15 is 0 Å². The number of hydrazine groups is 1. The van der Waals surface area contributed by atoms with E-state index in [0.717, 1.165) is 6.54 Å². The van der Waals surface area contributed by atoms with E-state index in [0.29, 0.717) is 0 Å². The molecule has 0 aromatic carbocycles. The molecule has 2 heterocycles. The van der Waals surface area contributed by atoms with E-state index in [4.69, 9.17) is 5.26 Å². The predicted octanol–water partition coefficient (Wildman–Crippen LogP) is 2.18. The van der Waals surface area contributed by atoms with Crippen molar-refractivity contribution in [2.24, 2.45) is 0 Å². The number of rotatable bonds is 0. The van der Waals surface area contributed by atoms with Gasteiger partial charge < -0.3 is 5.01 Å². The lowest BCUT2D eigenvalue weighted by molar-refractivity contribution is 0.237. The fraction of sp³-hybridized carbons (Fsp3) is 0.727. The first kappa shape index (κ1) is 11.1. The minimum Gasteiger partial charge on any atom is -0.313 e. The highest BCUT2D eigenvalue weighted by Gasteiger charge is 2.14. The summed E-state index contributed by atoms with van der Waals surface area (Å²) in [4.78, 5) is 0. The summed E-state index contributed by atoms with van der Waals surface area (Å²) < 4.78 is 0. The molecular weight excluding hydrogens is 174 g/mol. The molecule has 0 radical (unpaired) electrons. The van der Waals surface area contributed by atoms with Crippen molar-refractivity contribution in [2.75, 3.05) is 13.1 Å². The van der Waals surface area contributed by atoms with Crippen molar-refractivity contribution in [2.45, 2.75) is 39.0 Å². The molecule has 0 aliphatic carbocycles. The molecule has 0 amide bonds. The van der Waals surface area contributed by atoms with E-state index in [1.165, 1.54) is 51.3 Å². The average Bonchev–Trinajstić information content (AvgIpc) is 2.43. The van der Waals surface area contributed by atoms with Crippen molar-refractivity contribution in [1.29, 1.82) is 5.26 Å². The highest BCUT2D eigenvalue weighted by molar-refractivity contribution is 5.04. The van der Waals surface area contributed by atoms with E-state index in [9.17, 15) is 0 Å². The minimum atomic E-state index is 1.16. The van der Waals surface area contributed by atoms with Gasteiger partial charge in [-0.25, -0.2) is 5.43 Å². The van der Waals surface area contributed by atoms with Gasteiger partial charge in [0.15, 0.2) is 0 Å². The van der Waals surface area contributed by atoms with Crippen LogP contribution >= 0.6 is 0 Å². The molecule has 0 spiro atoms. The van der Waals surface area contributed by atoms with Crippen LogP contribution in [0.25, 0.3) is 0 Å². The maximum Gasteiger partial charge on any atom is 0.0587 e. The molecule has 0 atom stereocenters. The molecule has 0 bridgehead atoms. The van der Waals surface area contributed by atoms with Crippen LogP contribution < -0.4 is 5.43 Å². The van der Waals surface area contributed by atoms with Crippen molar-refractivity contribution < 1.29 is 0 Å². The van der Waals surface area contributed by atoms with Gasteiger partial charge in [-0.15, -0.1) is 0 Å². The van der Waals surface area contributed by atoms with Crippen LogP contribution in [0.2, 0.25) is 0 Å². The van der Waals surface area contributed by atoms with Gasteiger partial charge in [0.05, 0.1) is 6.07 Å². The lowest BCUT2D eigenvalue weighted by atomic mass is 10.1. The second kappa shape index (κ2) is 6.44. The lowest BCUT2D eigenvalue weighted by Gasteiger charge is -2.28. The lowest BCUT2D eigenvalue weighted by Crippen LogP contribution is -2.38. The summed E-state index contributed by atoms with van der Waals surface area (Å²) in [7, 11) is 0. The molecular formula is C11H19N3. The fourth-order valence-corrected chi connectivity index (χ4v) is 1.83. The van der Waals surface area contributed by atoms with Crippen LogP contribution in [0, 0.1) is 11.3 Å². The summed E-state index contributed by atoms with van der Waals surface area (Å²) in [5, 5.41) is 9.66. The van der Waals surface area contributed by atoms with Crippen LogP contribution in [-0.4, -0.2) is 18.1 Å². The molecule has 0 saturated carbocycles. The first-order valence-corrected chi connectivity index (χ1v) is 5.39. The number of fused-ring (bicyclic) bond motifs is 1. The normalized spacial score (nSPS) is 20.6. The molecule has 0 aromatic rings. The van der Waals surface area contributed by atoms with Crippen molar-refractivity contribution >= 4 is 0 Å². The Morgan fingerprint density at radius 1 is 1.43 bits per heavy atom. The zero-order chi connectivity index (χ0) is 10.2. The van der Waals surface area contributed by atoms with E-state index in [2.05, 4.69) is 16.5 Å². The van der Waals surface area contributed by atoms with Gasteiger partial charge >= 0.3 is 0 Å². The number of nitrogens with one attached hydrogen (secondary N) is 1. The topological polar surface area (TPSA) is 39.1 Å². The van der Waals surface area contributed by atoms with Crippen LogP contribution in [-0.2, 0) is 0 Å². The number of nitrogens with zero attached hydrogens (tertiary/aromatic N) is 2. The maximum atomic E-state index is 7.32. The van der Waals surface area contributed by atoms with E-state index in [-0.39, 0.29) is 0 Å². The molecule has 0 aromatic heterocycles. The average molecular weight is 193 g/mol. The monoisotopic (exact) mass is 193 g/mol. The highest BCUT2D eigenvalue weighted by Crippen LogP contribution is 2.19. The van der Waals surface area contributed by atoms with Gasteiger partial charge in [0, 0.05) is 25.7 Å². The van der Waals surface area contributed by atoms with Crippen LogP contribution in [0.4, 0.5) is 0 Å². The first-order valence-electron chi connectivity index (χ1n) is 5.39. The SMILES string of the molecule is C1=C2CCCCNN2CCC1.CC#N. The Morgan fingerprint density at radius 2 is 2.21 bits per heavy atom. The Kier molecular flexibility index (Phi) is 5.09. The number of hydrogen-bond donors (Lipinski definition) is 1. The molecule has 3 heteroatoms. The maximum absolute atomic E-state index is 7.32. The minimum absolute atomic E-state index is 1.16. The van der Waals surface area contributed by atoms with Crippen molar-refractivity contribution in [3.63, 3.8) is 0 Å². The summed E-state index contributed by atoms with van der Waals surface area (Å²) in [5.41, 5.74) is 4.98. The van der Waals surface area contributed by atoms with Crippen LogP contribution in [0.15, 0.2) is 11.8 Å². The summed E-state index contributed by atoms with van der Waals surface area (Å²) in [5.74, 6) is 0. The molecule has 1 fully saturated rings. The van der Waals surface area contributed by atoms with Gasteiger partial charge in [-0.3, -0.25) is 0 Å². The Bertz CT molecular complexity index is 227. The van der Waals surface area contributed by atoms with Crippen molar-refractivity contribution in [3.05, 3.63) is 11.8 Å². The summed E-state index contributed by atoms with van der Waals surface area (Å²) in [6.07, 6.45) is 8.96. The number of nitriles is 1. The Hall–Kier alpha value is -1.01. The van der Waals surface area contributed by atoms with Gasteiger partial charge in [-0.2, -0.15) is 5.26 Å². The Labute approximate surface area is 86.4 Å².